The van der Waals surface area contributed by atoms with Crippen LogP contribution in [-0.4, -0.2) is 65.9 Å². The maximum absolute atomic E-state index is 13.1. The fourth-order valence-electron chi connectivity index (χ4n) is 4.98. The molecule has 4 aliphatic heterocycles. The number of piperidine rings is 3. The molecule has 162 valence electrons. The summed E-state index contributed by atoms with van der Waals surface area (Å²) >= 11 is 0. The van der Waals surface area contributed by atoms with Crippen LogP contribution in [0, 0.1) is 5.92 Å². The van der Waals surface area contributed by atoms with Crippen LogP contribution in [0.3, 0.4) is 0 Å². The van der Waals surface area contributed by atoms with E-state index in [0.717, 1.165) is 24.8 Å². The first-order valence-corrected chi connectivity index (χ1v) is 11.4. The molecule has 6 nitrogen and oxygen atoms in total. The molecule has 1 unspecified atom stereocenters. The Balaban J connectivity index is 1.26. The van der Waals surface area contributed by atoms with Crippen molar-refractivity contribution < 1.29 is 18.8 Å². The van der Waals surface area contributed by atoms with Crippen molar-refractivity contribution in [1.82, 2.24) is 9.80 Å². The van der Waals surface area contributed by atoms with Crippen molar-refractivity contribution in [2.45, 2.75) is 76.7 Å². The number of fused-ring (bicyclic) bond motifs is 3. The van der Waals surface area contributed by atoms with E-state index in [2.05, 4.69) is 9.80 Å². The Morgan fingerprint density at radius 2 is 1.63 bits per heavy atom. The van der Waals surface area contributed by atoms with Crippen LogP contribution < -0.4 is 10.2 Å². The third kappa shape index (κ3) is 3.65. The van der Waals surface area contributed by atoms with Gasteiger partial charge in [0.25, 0.3) is 0 Å². The molecule has 1 aliphatic carbocycles. The molecule has 0 aromatic heterocycles. The molecule has 1 amide bonds. The Bertz CT molecular complexity index is 784. The van der Waals surface area contributed by atoms with Crippen LogP contribution in [0.2, 0.25) is 0 Å². The molecule has 2 bridgehead atoms. The van der Waals surface area contributed by atoms with Crippen LogP contribution in [0.5, 0.6) is 5.75 Å². The highest BCUT2D eigenvalue weighted by Gasteiger charge is 2.51. The maximum atomic E-state index is 13.1. The van der Waals surface area contributed by atoms with E-state index in [1.165, 1.54) is 25.9 Å². The lowest BCUT2D eigenvalue weighted by molar-refractivity contribution is 0.00578. The van der Waals surface area contributed by atoms with Crippen molar-refractivity contribution in [1.29, 1.82) is 0 Å². The van der Waals surface area contributed by atoms with Crippen LogP contribution in [0.4, 0.5) is 4.79 Å². The second-order valence-electron chi connectivity index (χ2n) is 10.4. The van der Waals surface area contributed by atoms with E-state index in [1.807, 2.05) is 52.0 Å². The van der Waals surface area contributed by atoms with Gasteiger partial charge in [-0.1, -0.05) is 12.1 Å². The van der Waals surface area contributed by atoms with Gasteiger partial charge in [0.1, 0.15) is 5.75 Å². The lowest BCUT2D eigenvalue weighted by atomic mass is 9.79. The zero-order chi connectivity index (χ0) is 21.1. The van der Waals surface area contributed by atoms with E-state index in [4.69, 9.17) is 14.0 Å². The smallest absolute Gasteiger partial charge is 0.410 e. The summed E-state index contributed by atoms with van der Waals surface area (Å²) in [4.78, 5) is 17.7. The van der Waals surface area contributed by atoms with Gasteiger partial charge in [-0.15, -0.1) is 0 Å². The lowest BCUT2D eigenvalue weighted by Gasteiger charge is -2.48. The largest absolute Gasteiger partial charge is 0.494 e. The molecule has 1 aromatic carbocycles. The van der Waals surface area contributed by atoms with Crippen molar-refractivity contribution in [2.75, 3.05) is 19.6 Å². The second-order valence-corrected chi connectivity index (χ2v) is 10.4. The third-order valence-electron chi connectivity index (χ3n) is 7.74. The molecule has 5 fully saturated rings. The summed E-state index contributed by atoms with van der Waals surface area (Å²) in [6, 6.07) is 8.21. The van der Waals surface area contributed by atoms with E-state index in [-0.39, 0.29) is 17.3 Å². The zero-order valence-electron chi connectivity index (χ0n) is 18.6. The number of amides is 1. The summed E-state index contributed by atoms with van der Waals surface area (Å²) in [5, 5.41) is 0. The minimum absolute atomic E-state index is 0.195. The van der Waals surface area contributed by atoms with Crippen LogP contribution in [-0.2, 0) is 9.31 Å². The van der Waals surface area contributed by atoms with Gasteiger partial charge in [0.15, 0.2) is 0 Å². The predicted octanol–water partition coefficient (Wildman–Crippen LogP) is 3.04. The lowest BCUT2D eigenvalue weighted by Crippen LogP contribution is -2.59. The first-order valence-electron chi connectivity index (χ1n) is 11.4. The molecule has 1 aromatic rings. The Kier molecular flexibility index (Phi) is 4.91. The highest BCUT2D eigenvalue weighted by molar-refractivity contribution is 6.62. The van der Waals surface area contributed by atoms with Gasteiger partial charge in [-0.05, 0) is 90.0 Å². The first-order chi connectivity index (χ1) is 14.2. The summed E-state index contributed by atoms with van der Waals surface area (Å²) in [7, 11) is -0.408. The van der Waals surface area contributed by atoms with E-state index in [1.54, 1.807) is 0 Å². The van der Waals surface area contributed by atoms with Crippen LogP contribution in [0.1, 0.15) is 53.4 Å². The molecule has 5 aliphatic rings. The average Bonchev–Trinajstić information content (AvgIpc) is 3.50. The number of hydrogen-bond donors (Lipinski definition) is 0. The molecule has 4 heterocycles. The average molecular weight is 412 g/mol. The van der Waals surface area contributed by atoms with E-state index in [0.29, 0.717) is 23.8 Å². The number of ether oxygens (including phenoxy) is 1. The Morgan fingerprint density at radius 1 is 1.03 bits per heavy atom. The van der Waals surface area contributed by atoms with Crippen LogP contribution in [0.15, 0.2) is 24.3 Å². The third-order valence-corrected chi connectivity index (χ3v) is 7.74. The highest BCUT2D eigenvalue weighted by atomic mass is 16.7. The van der Waals surface area contributed by atoms with Gasteiger partial charge < -0.3 is 23.8 Å². The molecule has 6 rings (SSSR count). The topological polar surface area (TPSA) is 51.2 Å². The molecule has 0 spiro atoms. The number of carbonyl (C=O) groups is 1. The predicted molar refractivity (Wildman–Crippen MR) is 116 cm³/mol. The summed E-state index contributed by atoms with van der Waals surface area (Å²) in [6.07, 6.45) is 4.39. The van der Waals surface area contributed by atoms with Gasteiger partial charge in [0.2, 0.25) is 0 Å². The minimum Gasteiger partial charge on any atom is -0.410 e. The molecule has 30 heavy (non-hydrogen) atoms. The SMILES string of the molecule is CC1(C)OB(c2ccc(OC(=O)N(C3CC3)C3CN4CCC3CC4)cc2)OC1(C)C. The van der Waals surface area contributed by atoms with Gasteiger partial charge in [-0.3, -0.25) is 0 Å². The minimum atomic E-state index is -0.408. The van der Waals surface area contributed by atoms with E-state index in [9.17, 15) is 4.79 Å². The van der Waals surface area contributed by atoms with E-state index < -0.39 is 7.12 Å². The Hall–Kier alpha value is -1.57. The molecule has 7 heteroatoms. The second kappa shape index (κ2) is 7.25. The summed E-state index contributed by atoms with van der Waals surface area (Å²) < 4.78 is 18.1. The van der Waals surface area contributed by atoms with Crippen molar-refractivity contribution in [2.24, 2.45) is 5.92 Å². The quantitative estimate of drug-likeness (QED) is 0.712. The number of nitrogens with zero attached hydrogens (tertiary/aromatic N) is 2. The summed E-state index contributed by atoms with van der Waals surface area (Å²) in [5.74, 6) is 1.20. The van der Waals surface area contributed by atoms with Crippen LogP contribution in [0.25, 0.3) is 0 Å². The fourth-order valence-corrected chi connectivity index (χ4v) is 4.98. The Labute approximate surface area is 180 Å². The van der Waals surface area contributed by atoms with Gasteiger partial charge in [0.05, 0.1) is 17.2 Å². The maximum Gasteiger partial charge on any atom is 0.494 e. The Morgan fingerprint density at radius 3 is 2.13 bits per heavy atom. The standard InChI is InChI=1S/C23H33BN2O4/c1-22(2)23(3,4)30-24(29-22)17-5-9-19(10-6-17)28-21(27)26(18-7-8-18)20-15-25-13-11-16(20)12-14-25/h5-6,9-10,16,18,20H,7-8,11-15H2,1-4H3. The van der Waals surface area contributed by atoms with Gasteiger partial charge >= 0.3 is 13.2 Å². The molecule has 1 saturated carbocycles. The molecule has 1 atom stereocenters. The molecular formula is C23H33BN2O4. The monoisotopic (exact) mass is 412 g/mol. The molecule has 4 saturated heterocycles. The van der Waals surface area contributed by atoms with Gasteiger partial charge in [-0.25, -0.2) is 4.79 Å². The van der Waals surface area contributed by atoms with Crippen molar-refractivity contribution in [3.63, 3.8) is 0 Å². The van der Waals surface area contributed by atoms with Gasteiger partial charge in [-0.2, -0.15) is 0 Å². The zero-order valence-corrected chi connectivity index (χ0v) is 18.6. The van der Waals surface area contributed by atoms with Crippen LogP contribution >= 0.6 is 0 Å². The molecule has 0 N–H and O–H groups in total. The number of rotatable bonds is 4. The number of hydrogen-bond acceptors (Lipinski definition) is 5. The normalized spacial score (nSPS) is 31.6. The number of benzene rings is 1. The molecular weight excluding hydrogens is 379 g/mol. The number of carbonyl (C=O) groups excluding carboxylic acids is 1. The molecule has 0 radical (unpaired) electrons. The van der Waals surface area contributed by atoms with E-state index >= 15 is 0 Å². The fraction of sp³-hybridized carbons (Fsp3) is 0.696. The van der Waals surface area contributed by atoms with Crippen molar-refractivity contribution >= 4 is 18.7 Å². The van der Waals surface area contributed by atoms with Gasteiger partial charge in [0, 0.05) is 12.6 Å². The highest BCUT2D eigenvalue weighted by Crippen LogP contribution is 2.38. The summed E-state index contributed by atoms with van der Waals surface area (Å²) in [6.45, 7) is 11.5. The van der Waals surface area contributed by atoms with Crippen molar-refractivity contribution in [3.05, 3.63) is 24.3 Å². The first kappa shape index (κ1) is 20.3. The van der Waals surface area contributed by atoms with Crippen molar-refractivity contribution in [3.8, 4) is 5.75 Å². The summed E-state index contributed by atoms with van der Waals surface area (Å²) in [5.41, 5.74) is 0.191.